The Kier molecular flexibility index (Phi) is 7.74. The molecule has 0 aliphatic heterocycles. The van der Waals surface area contributed by atoms with Crippen molar-refractivity contribution in [3.05, 3.63) is 125 Å². The van der Waals surface area contributed by atoms with E-state index in [0.29, 0.717) is 17.0 Å². The highest BCUT2D eigenvalue weighted by atomic mass is 16.3. The van der Waals surface area contributed by atoms with Gasteiger partial charge in [-0.3, -0.25) is 4.98 Å². The van der Waals surface area contributed by atoms with Gasteiger partial charge in [0, 0.05) is 22.7 Å². The standard InChI is InChI=1S/C45H44N2O2/c1-26-18-30(20-31(19-26)36-25-34(45(7,8)9)21-29-14-11-17-46-41(29)36)35-22-32(40-27(2)12-10-13-28(40)3)23-39-42(35)47-43(49-39)37-24-33(44(4,5)6)15-16-38(37)48/h10-25,48H,1-9H3. The van der Waals surface area contributed by atoms with Crippen LogP contribution in [0, 0.1) is 20.8 Å². The third-order valence-corrected chi connectivity index (χ3v) is 9.63. The van der Waals surface area contributed by atoms with Gasteiger partial charge in [-0.25, -0.2) is 4.98 Å². The largest absolute Gasteiger partial charge is 0.507 e. The van der Waals surface area contributed by atoms with Gasteiger partial charge in [-0.2, -0.15) is 0 Å². The zero-order chi connectivity index (χ0) is 34.8. The summed E-state index contributed by atoms with van der Waals surface area (Å²) in [7, 11) is 0. The van der Waals surface area contributed by atoms with Crippen LogP contribution in [0.4, 0.5) is 0 Å². The lowest BCUT2D eigenvalue weighted by Gasteiger charge is -2.21. The number of hydrogen-bond donors (Lipinski definition) is 1. The van der Waals surface area contributed by atoms with Crippen LogP contribution in [0.15, 0.2) is 102 Å². The number of pyridine rings is 1. The third-order valence-electron chi connectivity index (χ3n) is 9.63. The van der Waals surface area contributed by atoms with E-state index in [1.54, 1.807) is 6.07 Å². The van der Waals surface area contributed by atoms with E-state index in [0.717, 1.165) is 55.4 Å². The third kappa shape index (κ3) is 6.01. The summed E-state index contributed by atoms with van der Waals surface area (Å²) in [6.45, 7) is 19.7. The first-order valence-electron chi connectivity index (χ1n) is 17.0. The Labute approximate surface area is 289 Å². The molecular weight excluding hydrogens is 601 g/mol. The predicted octanol–water partition coefficient (Wildman–Crippen LogP) is 12.3. The normalized spacial score (nSPS) is 12.3. The second kappa shape index (κ2) is 11.7. The van der Waals surface area contributed by atoms with E-state index in [9.17, 15) is 5.11 Å². The van der Waals surface area contributed by atoms with E-state index >= 15 is 0 Å². The Bertz CT molecular complexity index is 2380. The molecule has 0 saturated heterocycles. The molecule has 2 aromatic heterocycles. The van der Waals surface area contributed by atoms with Crippen molar-refractivity contribution in [1.82, 2.24) is 9.97 Å². The Balaban J connectivity index is 1.51. The molecule has 4 heteroatoms. The Morgan fingerprint density at radius 3 is 1.92 bits per heavy atom. The second-order valence-corrected chi connectivity index (χ2v) is 15.6. The summed E-state index contributed by atoms with van der Waals surface area (Å²) in [5.41, 5.74) is 15.3. The molecule has 0 fully saturated rings. The topological polar surface area (TPSA) is 59.2 Å². The number of rotatable bonds is 4. The van der Waals surface area contributed by atoms with Gasteiger partial charge in [0.05, 0.1) is 11.1 Å². The van der Waals surface area contributed by atoms with Gasteiger partial charge in [-0.15, -0.1) is 0 Å². The molecule has 5 aromatic carbocycles. The van der Waals surface area contributed by atoms with Gasteiger partial charge < -0.3 is 9.52 Å². The number of aromatic hydroxyl groups is 1. The molecule has 0 spiro atoms. The van der Waals surface area contributed by atoms with E-state index in [2.05, 4.69) is 129 Å². The first-order valence-corrected chi connectivity index (χ1v) is 17.0. The molecule has 0 amide bonds. The molecule has 2 heterocycles. The van der Waals surface area contributed by atoms with Crippen LogP contribution < -0.4 is 0 Å². The number of nitrogens with zero attached hydrogens (tertiary/aromatic N) is 2. The molecule has 7 rings (SSSR count). The van der Waals surface area contributed by atoms with Crippen molar-refractivity contribution in [2.75, 3.05) is 0 Å². The van der Waals surface area contributed by atoms with Crippen molar-refractivity contribution in [1.29, 1.82) is 0 Å². The summed E-state index contributed by atoms with van der Waals surface area (Å²) in [4.78, 5) is 9.97. The lowest BCUT2D eigenvalue weighted by atomic mass is 9.83. The SMILES string of the molecule is Cc1cc(-c2cc(C(C)(C)C)cc3cccnc23)cc(-c2cc(-c3c(C)cccc3C)cc3oc(-c4cc(C(C)(C)C)ccc4O)nc23)c1. The van der Waals surface area contributed by atoms with Gasteiger partial charge in [-0.05, 0) is 130 Å². The van der Waals surface area contributed by atoms with E-state index in [1.807, 2.05) is 24.4 Å². The number of benzene rings is 5. The minimum Gasteiger partial charge on any atom is -0.507 e. The van der Waals surface area contributed by atoms with Crippen LogP contribution in [-0.4, -0.2) is 15.1 Å². The fraction of sp³-hybridized carbons (Fsp3) is 0.244. The number of aryl methyl sites for hydroxylation is 3. The fourth-order valence-corrected chi connectivity index (χ4v) is 6.89. The van der Waals surface area contributed by atoms with E-state index in [-0.39, 0.29) is 16.6 Å². The quantitative estimate of drug-likeness (QED) is 0.207. The van der Waals surface area contributed by atoms with Crippen LogP contribution in [0.2, 0.25) is 0 Å². The zero-order valence-electron chi connectivity index (χ0n) is 30.0. The lowest BCUT2D eigenvalue weighted by Crippen LogP contribution is -2.11. The monoisotopic (exact) mass is 644 g/mol. The smallest absolute Gasteiger partial charge is 0.231 e. The minimum atomic E-state index is -0.101. The highest BCUT2D eigenvalue weighted by Crippen LogP contribution is 2.42. The van der Waals surface area contributed by atoms with Crippen molar-refractivity contribution in [2.24, 2.45) is 0 Å². The van der Waals surface area contributed by atoms with Crippen LogP contribution in [0.25, 0.3) is 66.8 Å². The van der Waals surface area contributed by atoms with Crippen molar-refractivity contribution in [2.45, 2.75) is 73.1 Å². The van der Waals surface area contributed by atoms with Gasteiger partial charge in [0.15, 0.2) is 5.58 Å². The van der Waals surface area contributed by atoms with Crippen molar-refractivity contribution < 1.29 is 9.52 Å². The molecule has 0 aliphatic carbocycles. The molecule has 7 aromatic rings. The summed E-state index contributed by atoms with van der Waals surface area (Å²) >= 11 is 0. The molecule has 0 radical (unpaired) electrons. The lowest BCUT2D eigenvalue weighted by molar-refractivity contribution is 0.473. The number of phenolic OH excluding ortho intramolecular Hbond substituents is 1. The molecule has 0 bridgehead atoms. The molecule has 246 valence electrons. The molecule has 0 atom stereocenters. The van der Waals surface area contributed by atoms with Gasteiger partial charge in [-0.1, -0.05) is 84.0 Å². The van der Waals surface area contributed by atoms with Gasteiger partial charge in [0.1, 0.15) is 11.3 Å². The van der Waals surface area contributed by atoms with Crippen molar-refractivity contribution in [3.8, 4) is 50.6 Å². The molecule has 0 unspecified atom stereocenters. The van der Waals surface area contributed by atoms with Crippen LogP contribution in [0.3, 0.4) is 0 Å². The summed E-state index contributed by atoms with van der Waals surface area (Å²) in [6, 6.07) is 31.9. The van der Waals surface area contributed by atoms with Gasteiger partial charge >= 0.3 is 0 Å². The van der Waals surface area contributed by atoms with E-state index in [1.165, 1.54) is 22.3 Å². The minimum absolute atomic E-state index is 0.0235. The first kappa shape index (κ1) is 32.3. The van der Waals surface area contributed by atoms with E-state index in [4.69, 9.17) is 14.4 Å². The van der Waals surface area contributed by atoms with Crippen molar-refractivity contribution >= 4 is 22.0 Å². The molecular formula is C45H44N2O2. The Morgan fingerprint density at radius 1 is 0.592 bits per heavy atom. The number of phenols is 1. The summed E-state index contributed by atoms with van der Waals surface area (Å²) in [6.07, 6.45) is 1.87. The summed E-state index contributed by atoms with van der Waals surface area (Å²) in [5.74, 6) is 0.548. The maximum absolute atomic E-state index is 11.0. The summed E-state index contributed by atoms with van der Waals surface area (Å²) in [5, 5.41) is 12.2. The van der Waals surface area contributed by atoms with Crippen LogP contribution in [0.5, 0.6) is 5.75 Å². The maximum Gasteiger partial charge on any atom is 0.231 e. The molecule has 1 N–H and O–H groups in total. The number of oxazole rings is 1. The second-order valence-electron chi connectivity index (χ2n) is 15.6. The van der Waals surface area contributed by atoms with Crippen LogP contribution >= 0.6 is 0 Å². The molecule has 4 nitrogen and oxygen atoms in total. The average molecular weight is 645 g/mol. The zero-order valence-corrected chi connectivity index (χ0v) is 30.0. The number of hydrogen-bond acceptors (Lipinski definition) is 4. The van der Waals surface area contributed by atoms with Gasteiger partial charge in [0.25, 0.3) is 0 Å². The first-order chi connectivity index (χ1) is 23.2. The van der Waals surface area contributed by atoms with Crippen molar-refractivity contribution in [3.63, 3.8) is 0 Å². The molecule has 49 heavy (non-hydrogen) atoms. The van der Waals surface area contributed by atoms with Crippen LogP contribution in [-0.2, 0) is 10.8 Å². The molecule has 0 aliphatic rings. The average Bonchev–Trinajstić information content (AvgIpc) is 3.47. The fourth-order valence-electron chi connectivity index (χ4n) is 6.89. The maximum atomic E-state index is 11.0. The van der Waals surface area contributed by atoms with E-state index < -0.39 is 0 Å². The Morgan fingerprint density at radius 2 is 1.24 bits per heavy atom. The van der Waals surface area contributed by atoms with Crippen LogP contribution in [0.1, 0.15) is 69.4 Å². The Hall–Kier alpha value is -5.22. The molecule has 0 saturated carbocycles. The highest BCUT2D eigenvalue weighted by molar-refractivity contribution is 5.99. The number of aromatic nitrogens is 2. The predicted molar refractivity (Wildman–Crippen MR) is 204 cm³/mol. The highest BCUT2D eigenvalue weighted by Gasteiger charge is 2.23. The van der Waals surface area contributed by atoms with Gasteiger partial charge in [0.2, 0.25) is 5.89 Å². The summed E-state index contributed by atoms with van der Waals surface area (Å²) < 4.78 is 6.58. The number of fused-ring (bicyclic) bond motifs is 2.